The number of morpholine rings is 1. The zero-order valence-electron chi connectivity index (χ0n) is 11.0. The fraction of sp³-hybridized carbons (Fsp3) is 0.500. The summed E-state index contributed by atoms with van der Waals surface area (Å²) in [6, 6.07) is 4.78. The third kappa shape index (κ3) is 2.90. The van der Waals surface area contributed by atoms with Crippen LogP contribution in [0.15, 0.2) is 18.2 Å². The van der Waals surface area contributed by atoms with E-state index >= 15 is 0 Å². The molecule has 2 unspecified atom stereocenters. The predicted octanol–water partition coefficient (Wildman–Crippen LogP) is 2.60. The lowest BCUT2D eigenvalue weighted by molar-refractivity contribution is -0.0373. The molecule has 1 aromatic rings. The third-order valence-electron chi connectivity index (χ3n) is 3.36. The van der Waals surface area contributed by atoms with Gasteiger partial charge in [0.15, 0.2) is 0 Å². The van der Waals surface area contributed by atoms with Crippen LogP contribution in [0.1, 0.15) is 22.8 Å². The third-order valence-corrected chi connectivity index (χ3v) is 3.70. The minimum atomic E-state index is -0.450. The first-order valence-electron chi connectivity index (χ1n) is 6.28. The molecule has 1 fully saturated rings. The van der Waals surface area contributed by atoms with E-state index in [-0.39, 0.29) is 23.6 Å². The van der Waals surface area contributed by atoms with Gasteiger partial charge in [-0.3, -0.25) is 4.79 Å². The van der Waals surface area contributed by atoms with Crippen LogP contribution in [0.5, 0.6) is 0 Å². The molecule has 1 aromatic carbocycles. The van der Waals surface area contributed by atoms with E-state index in [4.69, 9.17) is 16.3 Å². The summed E-state index contributed by atoms with van der Waals surface area (Å²) in [5.41, 5.74) is 0.586. The van der Waals surface area contributed by atoms with Crippen LogP contribution in [0.25, 0.3) is 0 Å². The molecule has 1 aliphatic rings. The number of alkyl halides is 1. The number of nitrogens with zero attached hydrogens (tertiary/aromatic N) is 1. The van der Waals surface area contributed by atoms with Crippen molar-refractivity contribution >= 4 is 17.5 Å². The zero-order valence-corrected chi connectivity index (χ0v) is 11.8. The normalized spacial score (nSPS) is 23.5. The van der Waals surface area contributed by atoms with Gasteiger partial charge in [-0.2, -0.15) is 0 Å². The zero-order chi connectivity index (χ0) is 14.0. The molecular weight excluding hydrogens is 269 g/mol. The lowest BCUT2D eigenvalue weighted by atomic mass is 10.1. The summed E-state index contributed by atoms with van der Waals surface area (Å²) in [5.74, 6) is -0.423. The van der Waals surface area contributed by atoms with Crippen molar-refractivity contribution in [1.82, 2.24) is 4.90 Å². The van der Waals surface area contributed by atoms with Crippen LogP contribution < -0.4 is 0 Å². The first kappa shape index (κ1) is 14.3. The Labute approximate surface area is 117 Å². The smallest absolute Gasteiger partial charge is 0.257 e. The van der Waals surface area contributed by atoms with Crippen LogP contribution in [0.4, 0.5) is 4.39 Å². The van der Waals surface area contributed by atoms with Crippen LogP contribution in [-0.2, 0) is 4.74 Å². The first-order chi connectivity index (χ1) is 9.04. The van der Waals surface area contributed by atoms with E-state index in [1.54, 1.807) is 24.0 Å². The van der Waals surface area contributed by atoms with E-state index in [0.717, 1.165) is 0 Å². The summed E-state index contributed by atoms with van der Waals surface area (Å²) in [6.07, 6.45) is -0.185. The van der Waals surface area contributed by atoms with Gasteiger partial charge in [0.2, 0.25) is 0 Å². The maximum atomic E-state index is 14.0. The number of benzene rings is 1. The monoisotopic (exact) mass is 285 g/mol. The fourth-order valence-electron chi connectivity index (χ4n) is 2.16. The SMILES string of the molecule is Cc1cccc(C(=O)N2CC(CCl)OCC2C)c1F. The fourth-order valence-corrected chi connectivity index (χ4v) is 2.35. The van der Waals surface area contributed by atoms with Crippen LogP contribution in [-0.4, -0.2) is 42.0 Å². The molecule has 0 saturated carbocycles. The van der Waals surface area contributed by atoms with Crippen molar-refractivity contribution in [3.05, 3.63) is 35.1 Å². The number of hydrogen-bond donors (Lipinski definition) is 0. The van der Waals surface area contributed by atoms with Gasteiger partial charge in [-0.1, -0.05) is 12.1 Å². The molecule has 0 N–H and O–H groups in total. The highest BCUT2D eigenvalue weighted by atomic mass is 35.5. The summed E-state index contributed by atoms with van der Waals surface area (Å²) in [5, 5.41) is 0. The molecule has 5 heteroatoms. The largest absolute Gasteiger partial charge is 0.373 e. The molecular formula is C14H17ClFNO2. The van der Waals surface area contributed by atoms with E-state index in [1.807, 2.05) is 6.92 Å². The molecule has 2 atom stereocenters. The van der Waals surface area contributed by atoms with Gasteiger partial charge >= 0.3 is 0 Å². The second-order valence-corrected chi connectivity index (χ2v) is 5.16. The van der Waals surface area contributed by atoms with Gasteiger partial charge in [-0.05, 0) is 25.5 Å². The Morgan fingerprint density at radius 3 is 3.00 bits per heavy atom. The van der Waals surface area contributed by atoms with Crippen molar-refractivity contribution in [1.29, 1.82) is 0 Å². The number of carbonyl (C=O) groups excluding carboxylic acids is 1. The molecule has 0 bridgehead atoms. The molecule has 0 aliphatic carbocycles. The molecule has 0 spiro atoms. The van der Waals surface area contributed by atoms with E-state index < -0.39 is 5.82 Å². The molecule has 1 heterocycles. The summed E-state index contributed by atoms with van der Waals surface area (Å²) < 4.78 is 19.5. The highest BCUT2D eigenvalue weighted by molar-refractivity contribution is 6.18. The number of hydrogen-bond acceptors (Lipinski definition) is 2. The van der Waals surface area contributed by atoms with Gasteiger partial charge < -0.3 is 9.64 Å². The molecule has 0 aromatic heterocycles. The molecule has 19 heavy (non-hydrogen) atoms. The Balaban J connectivity index is 2.24. The second kappa shape index (κ2) is 5.88. The molecule has 0 radical (unpaired) electrons. The van der Waals surface area contributed by atoms with Gasteiger partial charge in [-0.25, -0.2) is 4.39 Å². The van der Waals surface area contributed by atoms with Gasteiger partial charge in [0.1, 0.15) is 5.82 Å². The van der Waals surface area contributed by atoms with Crippen LogP contribution in [0.3, 0.4) is 0 Å². The van der Waals surface area contributed by atoms with Gasteiger partial charge in [0, 0.05) is 6.54 Å². The van der Waals surface area contributed by atoms with E-state index in [1.165, 1.54) is 6.07 Å². The summed E-state index contributed by atoms with van der Waals surface area (Å²) >= 11 is 5.76. The van der Waals surface area contributed by atoms with Crippen molar-refractivity contribution in [3.8, 4) is 0 Å². The topological polar surface area (TPSA) is 29.5 Å². The lowest BCUT2D eigenvalue weighted by Gasteiger charge is -2.37. The van der Waals surface area contributed by atoms with Crippen molar-refractivity contribution in [2.45, 2.75) is 26.0 Å². The van der Waals surface area contributed by atoms with E-state index in [2.05, 4.69) is 0 Å². The van der Waals surface area contributed by atoms with Gasteiger partial charge in [0.25, 0.3) is 5.91 Å². The standard InChI is InChI=1S/C14H17ClFNO2/c1-9-4-3-5-12(13(9)16)14(18)17-7-11(6-15)19-8-10(17)2/h3-5,10-11H,6-8H2,1-2H3. The Hall–Kier alpha value is -1.13. The van der Waals surface area contributed by atoms with Crippen molar-refractivity contribution in [2.24, 2.45) is 0 Å². The van der Waals surface area contributed by atoms with Crippen molar-refractivity contribution in [2.75, 3.05) is 19.0 Å². The molecule has 1 aliphatic heterocycles. The Morgan fingerprint density at radius 1 is 1.58 bits per heavy atom. The highest BCUT2D eigenvalue weighted by Crippen LogP contribution is 2.19. The van der Waals surface area contributed by atoms with Crippen molar-refractivity contribution in [3.63, 3.8) is 0 Å². The molecule has 104 valence electrons. The van der Waals surface area contributed by atoms with Crippen LogP contribution in [0, 0.1) is 12.7 Å². The number of halogens is 2. The van der Waals surface area contributed by atoms with Crippen LogP contribution in [0.2, 0.25) is 0 Å². The number of ether oxygens (including phenoxy) is 1. The number of aryl methyl sites for hydroxylation is 1. The molecule has 2 rings (SSSR count). The average Bonchev–Trinajstić information content (AvgIpc) is 2.42. The second-order valence-electron chi connectivity index (χ2n) is 4.85. The predicted molar refractivity (Wildman–Crippen MR) is 72.1 cm³/mol. The quantitative estimate of drug-likeness (QED) is 0.782. The lowest BCUT2D eigenvalue weighted by Crippen LogP contribution is -2.51. The first-order valence-corrected chi connectivity index (χ1v) is 6.81. The number of amides is 1. The van der Waals surface area contributed by atoms with Crippen LogP contribution >= 0.6 is 11.6 Å². The minimum Gasteiger partial charge on any atom is -0.373 e. The van der Waals surface area contributed by atoms with Gasteiger partial charge in [-0.15, -0.1) is 11.6 Å². The summed E-state index contributed by atoms with van der Waals surface area (Å²) in [6.45, 7) is 4.36. The Bertz CT molecular complexity index is 481. The van der Waals surface area contributed by atoms with Crippen molar-refractivity contribution < 1.29 is 13.9 Å². The molecule has 3 nitrogen and oxygen atoms in total. The maximum absolute atomic E-state index is 14.0. The molecule has 1 saturated heterocycles. The highest BCUT2D eigenvalue weighted by Gasteiger charge is 2.31. The summed E-state index contributed by atoms with van der Waals surface area (Å²) in [7, 11) is 0. The minimum absolute atomic E-state index is 0.0770. The van der Waals surface area contributed by atoms with E-state index in [0.29, 0.717) is 24.6 Å². The van der Waals surface area contributed by atoms with E-state index in [9.17, 15) is 9.18 Å². The molecule has 1 amide bonds. The summed E-state index contributed by atoms with van der Waals surface area (Å²) in [4.78, 5) is 14.1. The number of rotatable bonds is 2. The maximum Gasteiger partial charge on any atom is 0.257 e. The average molecular weight is 286 g/mol. The Kier molecular flexibility index (Phi) is 4.42. The Morgan fingerprint density at radius 2 is 2.32 bits per heavy atom. The number of carbonyl (C=O) groups is 1. The van der Waals surface area contributed by atoms with Gasteiger partial charge in [0.05, 0.1) is 30.2 Å².